The molecule has 1 aromatic heterocycles. The second-order valence-electron chi connectivity index (χ2n) is 6.10. The van der Waals surface area contributed by atoms with Crippen LogP contribution in [0.5, 0.6) is 0 Å². The number of carbonyl (C=O) groups is 1. The van der Waals surface area contributed by atoms with Crippen LogP contribution in [-0.4, -0.2) is 26.4 Å². The zero-order valence-electron chi connectivity index (χ0n) is 14.1. The van der Waals surface area contributed by atoms with Gasteiger partial charge < -0.3 is 9.88 Å². The van der Waals surface area contributed by atoms with Gasteiger partial charge in [0.05, 0.1) is 11.8 Å². The fraction of sp³-hybridized carbons (Fsp3) is 0.471. The molecule has 0 bridgehead atoms. The summed E-state index contributed by atoms with van der Waals surface area (Å²) in [4.78, 5) is 12.3. The second-order valence-corrected chi connectivity index (χ2v) is 7.89. The van der Waals surface area contributed by atoms with Crippen LogP contribution in [0, 0.1) is 0 Å². The molecule has 1 heterocycles. The molecule has 1 atom stereocenters. The van der Waals surface area contributed by atoms with Crippen molar-refractivity contribution in [2.75, 3.05) is 5.75 Å². The third kappa shape index (κ3) is 4.49. The van der Waals surface area contributed by atoms with Crippen LogP contribution in [0.25, 0.3) is 0 Å². The summed E-state index contributed by atoms with van der Waals surface area (Å²) < 4.78 is 2.11. The van der Waals surface area contributed by atoms with Crippen LogP contribution in [0.1, 0.15) is 50.0 Å². The van der Waals surface area contributed by atoms with Crippen LogP contribution >= 0.6 is 35.0 Å². The van der Waals surface area contributed by atoms with Crippen molar-refractivity contribution in [3.05, 3.63) is 39.6 Å². The first kappa shape index (κ1) is 18.5. The summed E-state index contributed by atoms with van der Waals surface area (Å²) in [5, 5.41) is 13.4. The normalized spacial score (nSPS) is 15.2. The molecular weight excluding hydrogens is 379 g/mol. The summed E-state index contributed by atoms with van der Waals surface area (Å²) >= 11 is 13.5. The van der Waals surface area contributed by atoms with Crippen molar-refractivity contribution in [1.29, 1.82) is 0 Å². The summed E-state index contributed by atoms with van der Waals surface area (Å²) in [7, 11) is 0. The number of hydrogen-bond donors (Lipinski definition) is 1. The number of amides is 1. The summed E-state index contributed by atoms with van der Waals surface area (Å²) in [6.07, 6.45) is 2.37. The van der Waals surface area contributed by atoms with E-state index in [1.165, 1.54) is 24.6 Å². The lowest BCUT2D eigenvalue weighted by atomic mass is 10.1. The highest BCUT2D eigenvalue weighted by molar-refractivity contribution is 7.99. The van der Waals surface area contributed by atoms with Crippen LogP contribution in [-0.2, 0) is 11.3 Å². The van der Waals surface area contributed by atoms with Gasteiger partial charge in [-0.3, -0.25) is 4.79 Å². The molecule has 1 aliphatic rings. The lowest BCUT2D eigenvalue weighted by Crippen LogP contribution is -2.28. The average molecular weight is 399 g/mol. The molecule has 1 aromatic carbocycles. The number of nitrogens with zero attached hydrogens (tertiary/aromatic N) is 3. The Morgan fingerprint density at radius 3 is 2.80 bits per heavy atom. The van der Waals surface area contributed by atoms with E-state index >= 15 is 0 Å². The zero-order chi connectivity index (χ0) is 18.0. The molecule has 0 aliphatic heterocycles. The van der Waals surface area contributed by atoms with Gasteiger partial charge in [-0.05, 0) is 44.4 Å². The fourth-order valence-electron chi connectivity index (χ4n) is 2.69. The standard InChI is InChI=1S/C17H20Cl2N4OS/c1-3-23-16(11-4-5-11)21-22-17(23)25-9-15(24)20-10(2)13-7-6-12(18)8-14(13)19/h6-8,10-11H,3-5,9H2,1-2H3,(H,20,24). The van der Waals surface area contributed by atoms with Gasteiger partial charge >= 0.3 is 0 Å². The van der Waals surface area contributed by atoms with E-state index in [-0.39, 0.29) is 11.9 Å². The van der Waals surface area contributed by atoms with Gasteiger partial charge in [-0.2, -0.15) is 0 Å². The molecule has 1 aliphatic carbocycles. The van der Waals surface area contributed by atoms with Gasteiger partial charge in [0.15, 0.2) is 5.16 Å². The maximum atomic E-state index is 12.3. The third-order valence-electron chi connectivity index (χ3n) is 4.14. The van der Waals surface area contributed by atoms with Crippen molar-refractivity contribution in [2.45, 2.75) is 50.4 Å². The second kappa shape index (κ2) is 7.98. The van der Waals surface area contributed by atoms with Crippen molar-refractivity contribution in [1.82, 2.24) is 20.1 Å². The van der Waals surface area contributed by atoms with E-state index in [0.717, 1.165) is 23.1 Å². The smallest absolute Gasteiger partial charge is 0.230 e. The molecule has 0 spiro atoms. The van der Waals surface area contributed by atoms with E-state index in [1.54, 1.807) is 12.1 Å². The summed E-state index contributed by atoms with van der Waals surface area (Å²) in [6.45, 7) is 4.79. The molecule has 1 N–H and O–H groups in total. The minimum Gasteiger partial charge on any atom is -0.349 e. The minimum absolute atomic E-state index is 0.0675. The molecule has 0 radical (unpaired) electrons. The topological polar surface area (TPSA) is 59.8 Å². The number of halogens is 2. The van der Waals surface area contributed by atoms with Gasteiger partial charge in [-0.25, -0.2) is 0 Å². The number of nitrogens with one attached hydrogen (secondary N) is 1. The van der Waals surface area contributed by atoms with E-state index in [1.807, 2.05) is 13.0 Å². The van der Waals surface area contributed by atoms with Crippen molar-refractivity contribution in [3.8, 4) is 0 Å². The van der Waals surface area contributed by atoms with Gasteiger partial charge in [0.25, 0.3) is 0 Å². The molecule has 1 saturated carbocycles. The van der Waals surface area contributed by atoms with Crippen LogP contribution in [0.4, 0.5) is 0 Å². The molecule has 25 heavy (non-hydrogen) atoms. The quantitative estimate of drug-likeness (QED) is 0.699. The highest BCUT2D eigenvalue weighted by Crippen LogP contribution is 2.40. The van der Waals surface area contributed by atoms with Crippen molar-refractivity contribution in [2.24, 2.45) is 0 Å². The highest BCUT2D eigenvalue weighted by atomic mass is 35.5. The molecule has 0 saturated heterocycles. The number of aromatic nitrogens is 3. The van der Waals surface area contributed by atoms with Crippen molar-refractivity contribution >= 4 is 40.9 Å². The monoisotopic (exact) mass is 398 g/mol. The largest absolute Gasteiger partial charge is 0.349 e. The number of hydrogen-bond acceptors (Lipinski definition) is 4. The van der Waals surface area contributed by atoms with E-state index in [0.29, 0.717) is 21.7 Å². The van der Waals surface area contributed by atoms with Crippen LogP contribution < -0.4 is 5.32 Å². The Morgan fingerprint density at radius 1 is 1.40 bits per heavy atom. The molecule has 1 fully saturated rings. The first-order chi connectivity index (χ1) is 12.0. The van der Waals surface area contributed by atoms with Crippen LogP contribution in [0.3, 0.4) is 0 Å². The van der Waals surface area contributed by atoms with E-state index < -0.39 is 0 Å². The lowest BCUT2D eigenvalue weighted by molar-refractivity contribution is -0.119. The van der Waals surface area contributed by atoms with Crippen molar-refractivity contribution < 1.29 is 4.79 Å². The molecule has 3 rings (SSSR count). The summed E-state index contributed by atoms with van der Waals surface area (Å²) in [5.74, 6) is 1.81. The van der Waals surface area contributed by atoms with Gasteiger partial charge in [-0.1, -0.05) is 41.0 Å². The fourth-order valence-corrected chi connectivity index (χ4v) is 4.08. The summed E-state index contributed by atoms with van der Waals surface area (Å²) in [5.41, 5.74) is 0.845. The van der Waals surface area contributed by atoms with Gasteiger partial charge in [0.2, 0.25) is 5.91 Å². The third-order valence-corrected chi connectivity index (χ3v) is 5.67. The first-order valence-electron chi connectivity index (χ1n) is 8.29. The minimum atomic E-state index is -0.191. The van der Waals surface area contributed by atoms with Gasteiger partial charge in [0, 0.05) is 22.5 Å². The highest BCUT2D eigenvalue weighted by Gasteiger charge is 2.30. The number of benzene rings is 1. The molecule has 5 nitrogen and oxygen atoms in total. The van der Waals surface area contributed by atoms with Crippen molar-refractivity contribution in [3.63, 3.8) is 0 Å². The molecule has 8 heteroatoms. The Balaban J connectivity index is 1.57. The zero-order valence-corrected chi connectivity index (χ0v) is 16.5. The van der Waals surface area contributed by atoms with E-state index in [9.17, 15) is 4.79 Å². The SMILES string of the molecule is CCn1c(SCC(=O)NC(C)c2ccc(Cl)cc2Cl)nnc1C1CC1. The Bertz CT molecular complexity index is 776. The van der Waals surface area contributed by atoms with Crippen LogP contribution in [0.15, 0.2) is 23.4 Å². The Hall–Kier alpha value is -1.24. The number of carbonyl (C=O) groups excluding carboxylic acids is 1. The number of rotatable bonds is 7. The summed E-state index contributed by atoms with van der Waals surface area (Å²) in [6, 6.07) is 5.09. The van der Waals surface area contributed by atoms with Crippen LogP contribution in [0.2, 0.25) is 10.0 Å². The molecule has 1 unspecified atom stereocenters. The predicted octanol–water partition coefficient (Wildman–Crippen LogP) is 4.45. The first-order valence-corrected chi connectivity index (χ1v) is 10.0. The molecule has 134 valence electrons. The Labute approximate surface area is 161 Å². The predicted molar refractivity (Wildman–Crippen MR) is 101 cm³/mol. The van der Waals surface area contributed by atoms with Gasteiger partial charge in [0.1, 0.15) is 5.82 Å². The van der Waals surface area contributed by atoms with E-state index in [4.69, 9.17) is 23.2 Å². The Morgan fingerprint density at radius 2 is 2.16 bits per heavy atom. The van der Waals surface area contributed by atoms with E-state index in [2.05, 4.69) is 27.0 Å². The average Bonchev–Trinajstić information content (AvgIpc) is 3.32. The number of thioether (sulfide) groups is 1. The molecular formula is C17H20Cl2N4OS. The Kier molecular flexibility index (Phi) is 5.92. The molecule has 1 amide bonds. The molecule has 2 aromatic rings. The maximum absolute atomic E-state index is 12.3. The maximum Gasteiger partial charge on any atom is 0.230 e. The van der Waals surface area contributed by atoms with Gasteiger partial charge in [-0.15, -0.1) is 10.2 Å². The lowest BCUT2D eigenvalue weighted by Gasteiger charge is -2.16.